The molecule has 0 saturated heterocycles. The number of benzene rings is 3. The number of ether oxygens (including phenoxy) is 2. The molecular formula is C27H28N6O3S. The molecule has 4 aromatic rings. The number of hydrogen-bond donors (Lipinski definition) is 1. The summed E-state index contributed by atoms with van der Waals surface area (Å²) in [4.78, 5) is 14.5. The molecule has 1 amide bonds. The summed E-state index contributed by atoms with van der Waals surface area (Å²) in [6, 6.07) is 23.0. The average molecular weight is 517 g/mol. The highest BCUT2D eigenvalue weighted by Gasteiger charge is 2.17. The molecule has 0 atom stereocenters. The van der Waals surface area contributed by atoms with Crippen LogP contribution in [0.1, 0.15) is 5.56 Å². The van der Waals surface area contributed by atoms with Crippen LogP contribution in [0.5, 0.6) is 11.5 Å². The van der Waals surface area contributed by atoms with E-state index in [0.29, 0.717) is 11.0 Å². The molecular weight excluding hydrogens is 488 g/mol. The highest BCUT2D eigenvalue weighted by Crippen LogP contribution is 2.29. The van der Waals surface area contributed by atoms with Gasteiger partial charge in [0.25, 0.3) is 5.91 Å². The van der Waals surface area contributed by atoms with Crippen LogP contribution in [-0.2, 0) is 4.79 Å². The topological polar surface area (TPSA) is 93.9 Å². The maximum atomic E-state index is 12.5. The molecule has 1 aromatic heterocycles. The Balaban J connectivity index is 1.49. The molecule has 10 heteroatoms. The fraction of sp³-hybridized carbons (Fsp3) is 0.185. The van der Waals surface area contributed by atoms with Crippen LogP contribution in [0.3, 0.4) is 0 Å². The summed E-state index contributed by atoms with van der Waals surface area (Å²) < 4.78 is 12.5. The third kappa shape index (κ3) is 6.47. The number of nitrogens with zero attached hydrogens (tertiary/aromatic N) is 5. The van der Waals surface area contributed by atoms with E-state index in [-0.39, 0.29) is 11.7 Å². The number of nitrogens with one attached hydrogen (secondary N) is 1. The van der Waals surface area contributed by atoms with Gasteiger partial charge >= 0.3 is 0 Å². The summed E-state index contributed by atoms with van der Waals surface area (Å²) in [5, 5.41) is 13.4. The smallest absolute Gasteiger partial charge is 0.250 e. The van der Waals surface area contributed by atoms with Crippen LogP contribution >= 0.6 is 11.8 Å². The number of thioether (sulfide) groups is 1. The average Bonchev–Trinajstić information content (AvgIpc) is 3.36. The second-order valence-electron chi connectivity index (χ2n) is 8.14. The van der Waals surface area contributed by atoms with Gasteiger partial charge in [0.1, 0.15) is 11.5 Å². The zero-order chi connectivity index (χ0) is 26.2. The molecule has 0 spiro atoms. The van der Waals surface area contributed by atoms with Gasteiger partial charge in [-0.1, -0.05) is 23.9 Å². The van der Waals surface area contributed by atoms with Gasteiger partial charge in [0.05, 0.1) is 26.2 Å². The molecule has 0 radical (unpaired) electrons. The van der Waals surface area contributed by atoms with Gasteiger partial charge < -0.3 is 14.4 Å². The molecule has 0 saturated carbocycles. The van der Waals surface area contributed by atoms with E-state index in [1.807, 2.05) is 96.4 Å². The SMILES string of the molecule is COc1ccc(-c2nnc(SCC(=O)N/N=C/c3ccc(N(C)C)cc3)n2-c2ccc(OC)cc2)cc1. The van der Waals surface area contributed by atoms with Crippen LogP contribution in [0.2, 0.25) is 0 Å². The summed E-state index contributed by atoms with van der Waals surface area (Å²) in [5.41, 5.74) is 6.27. The number of amides is 1. The third-order valence-electron chi connectivity index (χ3n) is 5.46. The van der Waals surface area contributed by atoms with E-state index in [2.05, 4.69) is 20.7 Å². The second-order valence-corrected chi connectivity index (χ2v) is 9.08. The highest BCUT2D eigenvalue weighted by molar-refractivity contribution is 7.99. The first-order valence-corrected chi connectivity index (χ1v) is 12.4. The van der Waals surface area contributed by atoms with E-state index in [1.54, 1.807) is 20.4 Å². The molecule has 9 nitrogen and oxygen atoms in total. The fourth-order valence-electron chi connectivity index (χ4n) is 3.45. The highest BCUT2D eigenvalue weighted by atomic mass is 32.2. The fourth-order valence-corrected chi connectivity index (χ4v) is 4.20. The van der Waals surface area contributed by atoms with Crippen LogP contribution in [0.15, 0.2) is 83.1 Å². The molecule has 0 aliphatic carbocycles. The molecule has 37 heavy (non-hydrogen) atoms. The Kier molecular flexibility index (Phi) is 8.42. The normalized spacial score (nSPS) is 10.9. The summed E-state index contributed by atoms with van der Waals surface area (Å²) in [6.45, 7) is 0. The Hall–Kier alpha value is -4.31. The lowest BCUT2D eigenvalue weighted by Crippen LogP contribution is -2.20. The maximum absolute atomic E-state index is 12.5. The van der Waals surface area contributed by atoms with Crippen molar-refractivity contribution in [3.05, 3.63) is 78.4 Å². The number of methoxy groups -OCH3 is 2. The number of aromatic nitrogens is 3. The van der Waals surface area contributed by atoms with Gasteiger partial charge in [-0.3, -0.25) is 9.36 Å². The van der Waals surface area contributed by atoms with Crippen LogP contribution in [0.25, 0.3) is 17.1 Å². The van der Waals surface area contributed by atoms with Gasteiger partial charge in [-0.15, -0.1) is 10.2 Å². The summed E-state index contributed by atoms with van der Waals surface area (Å²) in [5.74, 6) is 2.01. The van der Waals surface area contributed by atoms with Crippen molar-refractivity contribution in [1.29, 1.82) is 0 Å². The van der Waals surface area contributed by atoms with Crippen molar-refractivity contribution in [2.75, 3.05) is 39.0 Å². The van der Waals surface area contributed by atoms with Gasteiger partial charge in [0, 0.05) is 31.0 Å². The van der Waals surface area contributed by atoms with E-state index in [9.17, 15) is 4.79 Å². The quantitative estimate of drug-likeness (QED) is 0.191. The first-order chi connectivity index (χ1) is 18.0. The summed E-state index contributed by atoms with van der Waals surface area (Å²) in [6.07, 6.45) is 1.61. The largest absolute Gasteiger partial charge is 0.497 e. The van der Waals surface area contributed by atoms with Gasteiger partial charge in [-0.05, 0) is 66.2 Å². The first kappa shape index (κ1) is 25.8. The lowest BCUT2D eigenvalue weighted by atomic mass is 10.2. The predicted octanol–water partition coefficient (Wildman–Crippen LogP) is 4.26. The minimum Gasteiger partial charge on any atom is -0.497 e. The Labute approximate surface area is 220 Å². The van der Waals surface area contributed by atoms with Crippen molar-refractivity contribution in [3.8, 4) is 28.6 Å². The standard InChI is InChI=1S/C27H28N6O3S/c1-32(2)21-9-5-19(6-10-21)17-28-29-25(34)18-37-27-31-30-26(20-7-13-23(35-3)14-8-20)33(27)22-11-15-24(36-4)16-12-22/h5-17H,18H2,1-4H3,(H,29,34)/b28-17+. The third-order valence-corrected chi connectivity index (χ3v) is 6.39. The van der Waals surface area contributed by atoms with Crippen molar-refractivity contribution < 1.29 is 14.3 Å². The van der Waals surface area contributed by atoms with Crippen molar-refractivity contribution in [3.63, 3.8) is 0 Å². The Morgan fingerprint density at radius 2 is 1.57 bits per heavy atom. The molecule has 0 bridgehead atoms. The van der Waals surface area contributed by atoms with Crippen LogP contribution in [-0.4, -0.2) is 61.0 Å². The molecule has 0 aliphatic rings. The minimum atomic E-state index is -0.249. The second kappa shape index (κ2) is 12.1. The molecule has 1 N–H and O–H groups in total. The monoisotopic (exact) mass is 516 g/mol. The zero-order valence-electron chi connectivity index (χ0n) is 21.1. The number of carbonyl (C=O) groups is 1. The Bertz CT molecular complexity index is 1350. The molecule has 190 valence electrons. The Morgan fingerprint density at radius 3 is 2.16 bits per heavy atom. The molecule has 0 unspecified atom stereocenters. The Morgan fingerprint density at radius 1 is 0.946 bits per heavy atom. The van der Waals surface area contributed by atoms with Crippen molar-refractivity contribution in [2.45, 2.75) is 5.16 Å². The van der Waals surface area contributed by atoms with Gasteiger partial charge in [0.15, 0.2) is 11.0 Å². The van der Waals surface area contributed by atoms with Crippen LogP contribution in [0.4, 0.5) is 5.69 Å². The lowest BCUT2D eigenvalue weighted by molar-refractivity contribution is -0.118. The van der Waals surface area contributed by atoms with Crippen LogP contribution in [0, 0.1) is 0 Å². The number of hydrogen-bond acceptors (Lipinski definition) is 8. The van der Waals surface area contributed by atoms with Gasteiger partial charge in [-0.25, -0.2) is 5.43 Å². The van der Waals surface area contributed by atoms with Crippen molar-refractivity contribution in [2.24, 2.45) is 5.10 Å². The number of rotatable bonds is 10. The first-order valence-electron chi connectivity index (χ1n) is 11.4. The van der Waals surface area contributed by atoms with Crippen LogP contribution < -0.4 is 19.8 Å². The minimum absolute atomic E-state index is 0.119. The lowest BCUT2D eigenvalue weighted by Gasteiger charge is -2.11. The molecule has 1 heterocycles. The molecule has 3 aromatic carbocycles. The van der Waals surface area contributed by atoms with Gasteiger partial charge in [0.2, 0.25) is 0 Å². The summed E-state index contributed by atoms with van der Waals surface area (Å²) in [7, 11) is 7.21. The number of hydrazone groups is 1. The van der Waals surface area contributed by atoms with E-state index in [0.717, 1.165) is 34.0 Å². The maximum Gasteiger partial charge on any atom is 0.250 e. The van der Waals surface area contributed by atoms with Gasteiger partial charge in [-0.2, -0.15) is 5.10 Å². The van der Waals surface area contributed by atoms with Crippen molar-refractivity contribution in [1.82, 2.24) is 20.2 Å². The number of carbonyl (C=O) groups excluding carboxylic acids is 1. The van der Waals surface area contributed by atoms with E-state index < -0.39 is 0 Å². The van der Waals surface area contributed by atoms with E-state index >= 15 is 0 Å². The molecule has 4 rings (SSSR count). The van der Waals surface area contributed by atoms with E-state index in [1.165, 1.54) is 11.8 Å². The number of anilines is 1. The van der Waals surface area contributed by atoms with Crippen molar-refractivity contribution >= 4 is 29.6 Å². The molecule has 0 aliphatic heterocycles. The zero-order valence-corrected chi connectivity index (χ0v) is 21.9. The van der Waals surface area contributed by atoms with E-state index in [4.69, 9.17) is 9.47 Å². The molecule has 0 fully saturated rings. The predicted molar refractivity (Wildman–Crippen MR) is 147 cm³/mol. The summed E-state index contributed by atoms with van der Waals surface area (Å²) >= 11 is 1.28.